The zero-order chi connectivity index (χ0) is 36.8. The van der Waals surface area contributed by atoms with E-state index < -0.39 is 32.5 Å². The first-order valence-electron chi connectivity index (χ1n) is 19.9. The van der Waals surface area contributed by atoms with Gasteiger partial charge in [-0.1, -0.05) is 165 Å². The molecule has 1 atom stereocenters. The van der Waals surface area contributed by atoms with E-state index >= 15 is 0 Å². The summed E-state index contributed by atoms with van der Waals surface area (Å²) in [5.41, 5.74) is 0. The van der Waals surface area contributed by atoms with E-state index in [0.717, 1.165) is 38.5 Å². The maximum atomic E-state index is 12.4. The van der Waals surface area contributed by atoms with Gasteiger partial charge in [-0.3, -0.25) is 14.1 Å². The number of ether oxygens (including phenoxy) is 2. The second kappa shape index (κ2) is 36.8. The predicted molar refractivity (Wildman–Crippen MR) is 207 cm³/mol. The summed E-state index contributed by atoms with van der Waals surface area (Å²) < 4.78 is 26.3. The third-order valence-corrected chi connectivity index (χ3v) is 8.84. The van der Waals surface area contributed by atoms with Crippen LogP contribution in [0.4, 0.5) is 0 Å². The molecule has 0 aromatic rings. The standard InChI is InChI=1S/C41H73O8P/c1-3-5-7-9-11-13-15-17-19-20-22-24-26-28-30-32-34-36-41(43)49-39(38-48-50(44,45)46)37-47-40(42)35-33-31-29-27-25-23-21-18-16-14-12-10-8-6-4-2/h11,13,17,19,22,24,28,30,39H,3-10,12,14-16,18,20-21,23,25-27,29,31-38H2,1-2H3,(H2,44,45,46)/b13-11-,19-17-,24-22-,30-28-/t39-/m1/s1. The number of phosphoric ester groups is 1. The quantitative estimate of drug-likeness (QED) is 0.0284. The lowest BCUT2D eigenvalue weighted by atomic mass is 10.0. The van der Waals surface area contributed by atoms with Crippen molar-refractivity contribution in [1.29, 1.82) is 0 Å². The van der Waals surface area contributed by atoms with Crippen LogP contribution < -0.4 is 0 Å². The van der Waals surface area contributed by atoms with Crippen molar-refractivity contribution in [3.05, 3.63) is 48.6 Å². The molecule has 0 radical (unpaired) electrons. The van der Waals surface area contributed by atoms with Crippen molar-refractivity contribution < 1.29 is 37.9 Å². The molecule has 0 unspecified atom stereocenters. The monoisotopic (exact) mass is 725 g/mol. The van der Waals surface area contributed by atoms with Crippen molar-refractivity contribution in [3.63, 3.8) is 0 Å². The fourth-order valence-corrected chi connectivity index (χ4v) is 5.73. The number of allylic oxidation sites excluding steroid dienone is 8. The summed E-state index contributed by atoms with van der Waals surface area (Å²) in [4.78, 5) is 42.7. The van der Waals surface area contributed by atoms with Gasteiger partial charge in [0.25, 0.3) is 0 Å². The first kappa shape index (κ1) is 48.0. The molecule has 0 saturated heterocycles. The van der Waals surface area contributed by atoms with Gasteiger partial charge in [0.2, 0.25) is 0 Å². The summed E-state index contributed by atoms with van der Waals surface area (Å²) in [6.45, 7) is 3.61. The van der Waals surface area contributed by atoms with E-state index in [1.807, 2.05) is 6.08 Å². The van der Waals surface area contributed by atoms with Crippen LogP contribution in [0.3, 0.4) is 0 Å². The van der Waals surface area contributed by atoms with Crippen LogP contribution in [0.15, 0.2) is 48.6 Å². The van der Waals surface area contributed by atoms with Gasteiger partial charge in [0, 0.05) is 12.8 Å². The molecule has 50 heavy (non-hydrogen) atoms. The van der Waals surface area contributed by atoms with Crippen LogP contribution >= 0.6 is 7.82 Å². The van der Waals surface area contributed by atoms with Crippen LogP contribution in [0.25, 0.3) is 0 Å². The van der Waals surface area contributed by atoms with E-state index in [-0.39, 0.29) is 19.4 Å². The highest BCUT2D eigenvalue weighted by atomic mass is 31.2. The molecular formula is C41H73O8P. The van der Waals surface area contributed by atoms with E-state index in [1.165, 1.54) is 103 Å². The maximum absolute atomic E-state index is 12.4. The maximum Gasteiger partial charge on any atom is 0.469 e. The Morgan fingerprint density at radius 1 is 0.520 bits per heavy atom. The first-order chi connectivity index (χ1) is 24.3. The lowest BCUT2D eigenvalue weighted by molar-refractivity contribution is -0.161. The van der Waals surface area contributed by atoms with Gasteiger partial charge in [-0.15, -0.1) is 0 Å². The third kappa shape index (κ3) is 38.8. The lowest BCUT2D eigenvalue weighted by Crippen LogP contribution is -2.29. The number of esters is 2. The molecule has 8 nitrogen and oxygen atoms in total. The predicted octanol–water partition coefficient (Wildman–Crippen LogP) is 12.0. The number of phosphoric acid groups is 1. The molecule has 0 aliphatic carbocycles. The highest BCUT2D eigenvalue weighted by Crippen LogP contribution is 2.36. The fourth-order valence-electron chi connectivity index (χ4n) is 5.37. The highest BCUT2D eigenvalue weighted by Gasteiger charge is 2.22. The summed E-state index contributed by atoms with van der Waals surface area (Å²) in [6.07, 6.45) is 44.1. The molecule has 0 saturated carbocycles. The number of unbranched alkanes of at least 4 members (excludes halogenated alkanes) is 18. The van der Waals surface area contributed by atoms with E-state index in [1.54, 1.807) is 0 Å². The summed E-state index contributed by atoms with van der Waals surface area (Å²) in [5, 5.41) is 0. The molecule has 0 spiro atoms. The first-order valence-corrected chi connectivity index (χ1v) is 21.5. The molecular weight excluding hydrogens is 651 g/mol. The molecule has 0 bridgehead atoms. The zero-order valence-corrected chi connectivity index (χ0v) is 32.7. The van der Waals surface area contributed by atoms with Gasteiger partial charge in [-0.2, -0.15) is 0 Å². The molecule has 0 fully saturated rings. The van der Waals surface area contributed by atoms with E-state index in [9.17, 15) is 14.2 Å². The van der Waals surface area contributed by atoms with Gasteiger partial charge in [0.1, 0.15) is 6.61 Å². The Labute approximate surface area is 305 Å². The molecule has 290 valence electrons. The molecule has 0 aromatic heterocycles. The molecule has 0 amide bonds. The minimum atomic E-state index is -4.77. The van der Waals surface area contributed by atoms with Gasteiger partial charge in [-0.05, 0) is 51.4 Å². The minimum absolute atomic E-state index is 0.136. The fraction of sp³-hybridized carbons (Fsp3) is 0.756. The molecule has 0 aliphatic heterocycles. The van der Waals surface area contributed by atoms with Crippen LogP contribution in [-0.2, 0) is 28.2 Å². The summed E-state index contributed by atoms with van der Waals surface area (Å²) in [5.74, 6) is -0.948. The van der Waals surface area contributed by atoms with Gasteiger partial charge in [0.05, 0.1) is 6.61 Å². The molecule has 0 rings (SSSR count). The van der Waals surface area contributed by atoms with E-state index in [2.05, 4.69) is 60.9 Å². The largest absolute Gasteiger partial charge is 0.469 e. The second-order valence-corrected chi connectivity index (χ2v) is 14.5. The van der Waals surface area contributed by atoms with Crippen molar-refractivity contribution >= 4 is 19.8 Å². The molecule has 0 heterocycles. The Bertz CT molecular complexity index is 952. The second-order valence-electron chi connectivity index (χ2n) is 13.3. The Hall–Kier alpha value is -1.99. The van der Waals surface area contributed by atoms with Crippen LogP contribution in [0.1, 0.15) is 181 Å². The average Bonchev–Trinajstić information content (AvgIpc) is 3.08. The third-order valence-electron chi connectivity index (χ3n) is 8.35. The number of rotatable bonds is 36. The van der Waals surface area contributed by atoms with Crippen molar-refractivity contribution in [3.8, 4) is 0 Å². The molecule has 0 aromatic carbocycles. The van der Waals surface area contributed by atoms with E-state index in [0.29, 0.717) is 12.8 Å². The number of carbonyl (C=O) groups is 2. The normalized spacial score (nSPS) is 13.0. The Morgan fingerprint density at radius 3 is 1.40 bits per heavy atom. The van der Waals surface area contributed by atoms with Gasteiger partial charge >= 0.3 is 19.8 Å². The number of hydrogen-bond donors (Lipinski definition) is 2. The topological polar surface area (TPSA) is 119 Å². The van der Waals surface area contributed by atoms with Crippen molar-refractivity contribution in [2.75, 3.05) is 13.2 Å². The Kier molecular flexibility index (Phi) is 35.3. The van der Waals surface area contributed by atoms with Crippen LogP contribution in [-0.4, -0.2) is 41.0 Å². The molecule has 0 aliphatic rings. The van der Waals surface area contributed by atoms with Gasteiger partial charge < -0.3 is 19.3 Å². The smallest absolute Gasteiger partial charge is 0.462 e. The molecule has 9 heteroatoms. The summed E-state index contributed by atoms with van der Waals surface area (Å²) in [7, 11) is -4.77. The Balaban J connectivity index is 4.04. The Morgan fingerprint density at radius 2 is 0.920 bits per heavy atom. The lowest BCUT2D eigenvalue weighted by Gasteiger charge is -2.18. The number of hydrogen-bond acceptors (Lipinski definition) is 6. The average molecular weight is 725 g/mol. The van der Waals surface area contributed by atoms with Crippen LogP contribution in [0.2, 0.25) is 0 Å². The highest BCUT2D eigenvalue weighted by molar-refractivity contribution is 7.46. The molecule has 2 N–H and O–H groups in total. The van der Waals surface area contributed by atoms with Crippen molar-refractivity contribution in [1.82, 2.24) is 0 Å². The summed E-state index contributed by atoms with van der Waals surface area (Å²) in [6, 6.07) is 0. The van der Waals surface area contributed by atoms with Crippen molar-refractivity contribution in [2.24, 2.45) is 0 Å². The minimum Gasteiger partial charge on any atom is -0.462 e. The van der Waals surface area contributed by atoms with Gasteiger partial charge in [-0.25, -0.2) is 4.57 Å². The van der Waals surface area contributed by atoms with E-state index in [4.69, 9.17) is 19.3 Å². The summed E-state index contributed by atoms with van der Waals surface area (Å²) >= 11 is 0. The van der Waals surface area contributed by atoms with Gasteiger partial charge in [0.15, 0.2) is 6.10 Å². The number of carbonyl (C=O) groups excluding carboxylic acids is 2. The van der Waals surface area contributed by atoms with Crippen LogP contribution in [0, 0.1) is 0 Å². The van der Waals surface area contributed by atoms with Crippen molar-refractivity contribution in [2.45, 2.75) is 187 Å². The SMILES string of the molecule is CCCCC/C=C\C/C=C\C/C=C\C/C=C\CCCC(=O)O[C@H](COC(=O)CCCCCCCCCCCCCCCCC)COP(=O)(O)O. The zero-order valence-electron chi connectivity index (χ0n) is 31.8. The van der Waals surface area contributed by atoms with Crippen LogP contribution in [0.5, 0.6) is 0 Å².